The van der Waals surface area contributed by atoms with E-state index in [2.05, 4.69) is 15.3 Å². The molecular formula is C7H8ClF2N3O. The topological polar surface area (TPSA) is 58.0 Å². The number of aliphatic hydroxyl groups is 1. The van der Waals surface area contributed by atoms with Crippen LogP contribution in [0.2, 0.25) is 5.15 Å². The maximum atomic E-state index is 11.9. The lowest BCUT2D eigenvalue weighted by Crippen LogP contribution is -2.27. The van der Waals surface area contributed by atoms with E-state index in [1.165, 1.54) is 12.4 Å². The molecule has 1 aromatic rings. The van der Waals surface area contributed by atoms with Crippen LogP contribution in [-0.4, -0.2) is 34.1 Å². The molecule has 7 heteroatoms. The molecule has 0 amide bonds. The lowest BCUT2D eigenvalue weighted by Gasteiger charge is -2.10. The van der Waals surface area contributed by atoms with E-state index in [-0.39, 0.29) is 11.7 Å². The first-order valence-electron chi connectivity index (χ1n) is 3.77. The fourth-order valence-electron chi connectivity index (χ4n) is 0.728. The summed E-state index contributed by atoms with van der Waals surface area (Å²) < 4.78 is 23.7. The van der Waals surface area contributed by atoms with Gasteiger partial charge in [-0.1, -0.05) is 11.6 Å². The third kappa shape index (κ3) is 3.39. The van der Waals surface area contributed by atoms with Crippen LogP contribution in [-0.2, 0) is 0 Å². The molecular weight excluding hydrogens is 216 g/mol. The number of alkyl halides is 2. The fraction of sp³-hybridized carbons (Fsp3) is 0.429. The van der Waals surface area contributed by atoms with Gasteiger partial charge < -0.3 is 10.4 Å². The van der Waals surface area contributed by atoms with Gasteiger partial charge in [0.25, 0.3) is 6.43 Å². The third-order valence-electron chi connectivity index (χ3n) is 1.42. The van der Waals surface area contributed by atoms with Crippen LogP contribution in [0, 0.1) is 0 Å². The highest BCUT2D eigenvalue weighted by Gasteiger charge is 2.16. The summed E-state index contributed by atoms with van der Waals surface area (Å²) in [7, 11) is 0. The molecule has 0 saturated carbocycles. The minimum absolute atomic E-state index is 0.203. The lowest BCUT2D eigenvalue weighted by atomic mass is 10.3. The van der Waals surface area contributed by atoms with Gasteiger partial charge in [0.05, 0.1) is 0 Å². The third-order valence-corrected chi connectivity index (χ3v) is 1.62. The molecule has 0 aromatic carbocycles. The van der Waals surface area contributed by atoms with Gasteiger partial charge in [-0.15, -0.1) is 0 Å². The Balaban J connectivity index is 2.45. The van der Waals surface area contributed by atoms with Crippen LogP contribution >= 0.6 is 11.6 Å². The summed E-state index contributed by atoms with van der Waals surface area (Å²) in [6.45, 7) is -0.287. The number of hydrogen-bond donors (Lipinski definition) is 2. The summed E-state index contributed by atoms with van der Waals surface area (Å²) in [5.41, 5.74) is 0. The van der Waals surface area contributed by atoms with Gasteiger partial charge in [-0.2, -0.15) is 0 Å². The number of hydrogen-bond acceptors (Lipinski definition) is 4. The van der Waals surface area contributed by atoms with Gasteiger partial charge in [0.15, 0.2) is 0 Å². The monoisotopic (exact) mass is 223 g/mol. The van der Waals surface area contributed by atoms with Gasteiger partial charge in [0.2, 0.25) is 0 Å². The smallest absolute Gasteiger partial charge is 0.265 e. The van der Waals surface area contributed by atoms with Crippen molar-refractivity contribution in [2.24, 2.45) is 0 Å². The highest BCUT2D eigenvalue weighted by Crippen LogP contribution is 2.09. The van der Waals surface area contributed by atoms with Crippen molar-refractivity contribution in [3.05, 3.63) is 17.5 Å². The Labute approximate surface area is 83.9 Å². The Morgan fingerprint density at radius 2 is 2.21 bits per heavy atom. The van der Waals surface area contributed by atoms with Crippen molar-refractivity contribution in [1.82, 2.24) is 9.97 Å². The van der Waals surface area contributed by atoms with E-state index in [0.717, 1.165) is 0 Å². The predicted octanol–water partition coefficient (Wildman–Crippen LogP) is 1.17. The fourth-order valence-corrected chi connectivity index (χ4v) is 0.875. The molecule has 1 unspecified atom stereocenters. The maximum Gasteiger partial charge on any atom is 0.265 e. The molecule has 0 aliphatic carbocycles. The van der Waals surface area contributed by atoms with Crippen LogP contribution in [0.5, 0.6) is 0 Å². The Morgan fingerprint density at radius 3 is 2.79 bits per heavy atom. The molecule has 1 rings (SSSR count). The molecule has 2 N–H and O–H groups in total. The summed E-state index contributed by atoms with van der Waals surface area (Å²) >= 11 is 5.52. The molecule has 0 saturated heterocycles. The van der Waals surface area contributed by atoms with E-state index in [9.17, 15) is 8.78 Å². The highest BCUT2D eigenvalue weighted by molar-refractivity contribution is 6.29. The second-order valence-corrected chi connectivity index (χ2v) is 2.90. The molecule has 0 aliphatic heterocycles. The predicted molar refractivity (Wildman–Crippen MR) is 47.5 cm³/mol. The number of rotatable bonds is 4. The summed E-state index contributed by atoms with van der Waals surface area (Å²) in [6, 6.07) is 1.37. The normalized spacial score (nSPS) is 12.9. The Kier molecular flexibility index (Phi) is 3.97. The van der Waals surface area contributed by atoms with E-state index in [4.69, 9.17) is 16.7 Å². The number of anilines is 1. The SMILES string of the molecule is OC(CNc1cc(Cl)ncn1)C(F)F. The van der Waals surface area contributed by atoms with Crippen molar-refractivity contribution in [3.8, 4) is 0 Å². The zero-order valence-electron chi connectivity index (χ0n) is 6.99. The summed E-state index contributed by atoms with van der Waals surface area (Å²) in [5, 5.41) is 11.5. The van der Waals surface area contributed by atoms with E-state index >= 15 is 0 Å². The van der Waals surface area contributed by atoms with Crippen LogP contribution < -0.4 is 5.32 Å². The molecule has 0 radical (unpaired) electrons. The van der Waals surface area contributed by atoms with Crippen LogP contribution in [0.3, 0.4) is 0 Å². The van der Waals surface area contributed by atoms with E-state index in [1.54, 1.807) is 0 Å². The Bertz CT molecular complexity index is 300. The molecule has 78 valence electrons. The van der Waals surface area contributed by atoms with Gasteiger partial charge in [0, 0.05) is 12.6 Å². The number of halogens is 3. The van der Waals surface area contributed by atoms with Crippen molar-refractivity contribution in [2.75, 3.05) is 11.9 Å². The zero-order chi connectivity index (χ0) is 10.6. The summed E-state index contributed by atoms with van der Waals surface area (Å²) in [5.74, 6) is 0.296. The van der Waals surface area contributed by atoms with Gasteiger partial charge >= 0.3 is 0 Å². The number of aromatic nitrogens is 2. The van der Waals surface area contributed by atoms with Gasteiger partial charge in [-0.3, -0.25) is 0 Å². The number of aliphatic hydroxyl groups excluding tert-OH is 1. The first kappa shape index (κ1) is 11.1. The maximum absolute atomic E-state index is 11.9. The Morgan fingerprint density at radius 1 is 1.50 bits per heavy atom. The minimum atomic E-state index is -2.78. The Hall–Kier alpha value is -1.01. The average molecular weight is 224 g/mol. The zero-order valence-corrected chi connectivity index (χ0v) is 7.75. The van der Waals surface area contributed by atoms with Crippen LogP contribution in [0.15, 0.2) is 12.4 Å². The van der Waals surface area contributed by atoms with E-state index in [1.807, 2.05) is 0 Å². The van der Waals surface area contributed by atoms with Gasteiger partial charge in [-0.05, 0) is 0 Å². The summed E-state index contributed by atoms with van der Waals surface area (Å²) in [6.07, 6.45) is -3.30. The average Bonchev–Trinajstić information content (AvgIpc) is 2.14. The first-order valence-corrected chi connectivity index (χ1v) is 4.15. The molecule has 1 aromatic heterocycles. The first-order chi connectivity index (χ1) is 6.59. The van der Waals surface area contributed by atoms with Crippen molar-refractivity contribution >= 4 is 17.4 Å². The molecule has 14 heavy (non-hydrogen) atoms. The van der Waals surface area contributed by atoms with E-state index < -0.39 is 12.5 Å². The van der Waals surface area contributed by atoms with Crippen molar-refractivity contribution in [3.63, 3.8) is 0 Å². The van der Waals surface area contributed by atoms with Crippen molar-refractivity contribution in [1.29, 1.82) is 0 Å². The molecule has 0 spiro atoms. The second-order valence-electron chi connectivity index (χ2n) is 2.51. The standard InChI is InChI=1S/C7H8ClF2N3O/c8-5-1-6(13-3-12-5)11-2-4(14)7(9)10/h1,3-4,7,14H,2H2,(H,11,12,13). The lowest BCUT2D eigenvalue weighted by molar-refractivity contribution is 0.00380. The number of nitrogens with zero attached hydrogens (tertiary/aromatic N) is 2. The minimum Gasteiger partial charge on any atom is -0.385 e. The molecule has 0 bridgehead atoms. The molecule has 0 fully saturated rings. The van der Waals surface area contributed by atoms with Gasteiger partial charge in [0.1, 0.15) is 23.4 Å². The second kappa shape index (κ2) is 5.02. The highest BCUT2D eigenvalue weighted by atomic mass is 35.5. The van der Waals surface area contributed by atoms with Crippen molar-refractivity contribution in [2.45, 2.75) is 12.5 Å². The molecule has 1 atom stereocenters. The molecule has 4 nitrogen and oxygen atoms in total. The number of nitrogens with one attached hydrogen (secondary N) is 1. The van der Waals surface area contributed by atoms with Crippen molar-refractivity contribution < 1.29 is 13.9 Å². The quantitative estimate of drug-likeness (QED) is 0.753. The summed E-state index contributed by atoms with van der Waals surface area (Å²) in [4.78, 5) is 7.31. The molecule has 0 aliphatic rings. The molecule has 1 heterocycles. The van der Waals surface area contributed by atoms with Crippen LogP contribution in [0.4, 0.5) is 14.6 Å². The van der Waals surface area contributed by atoms with Crippen LogP contribution in [0.25, 0.3) is 0 Å². The van der Waals surface area contributed by atoms with E-state index in [0.29, 0.717) is 5.82 Å². The largest absolute Gasteiger partial charge is 0.385 e. The van der Waals surface area contributed by atoms with Crippen LogP contribution in [0.1, 0.15) is 0 Å². The van der Waals surface area contributed by atoms with Gasteiger partial charge in [-0.25, -0.2) is 18.7 Å².